The fourth-order valence-electron chi connectivity index (χ4n) is 2.55. The molecule has 0 bridgehead atoms. The molecule has 0 heterocycles. The smallest absolute Gasteiger partial charge is 0.306 e. The number of carbonyl (C=O) groups excluding carboxylic acids is 4. The second-order valence-electron chi connectivity index (χ2n) is 6.65. The Morgan fingerprint density at radius 3 is 2.32 bits per heavy atom. The molecule has 0 saturated carbocycles. The van der Waals surface area contributed by atoms with Crippen LogP contribution in [0.2, 0.25) is 0 Å². The van der Waals surface area contributed by atoms with Crippen LogP contribution >= 0.6 is 0 Å². The van der Waals surface area contributed by atoms with Gasteiger partial charge in [-0.1, -0.05) is 18.2 Å². The first-order chi connectivity index (χ1) is 14.7. The topological polar surface area (TPSA) is 145 Å². The van der Waals surface area contributed by atoms with Crippen molar-refractivity contribution in [3.63, 3.8) is 0 Å². The molecule has 162 valence electrons. The number of aryl methyl sites for hydroxylation is 1. The maximum Gasteiger partial charge on any atom is 0.306 e. The predicted octanol–water partition coefficient (Wildman–Crippen LogP) is 3.01. The molecule has 2 N–H and O–H groups in total. The number of nitro benzene ring substituents is 1. The van der Waals surface area contributed by atoms with E-state index in [1.54, 1.807) is 25.1 Å². The van der Waals surface area contributed by atoms with Crippen molar-refractivity contribution in [2.45, 2.75) is 26.7 Å². The molecule has 2 aromatic carbocycles. The van der Waals surface area contributed by atoms with Crippen molar-refractivity contribution in [1.82, 2.24) is 0 Å². The van der Waals surface area contributed by atoms with Crippen LogP contribution in [0.3, 0.4) is 0 Å². The summed E-state index contributed by atoms with van der Waals surface area (Å²) in [4.78, 5) is 57.4. The van der Waals surface area contributed by atoms with Gasteiger partial charge in [-0.3, -0.25) is 29.3 Å². The summed E-state index contributed by atoms with van der Waals surface area (Å²) in [6, 6.07) is 10.6. The van der Waals surface area contributed by atoms with Crippen LogP contribution in [0.25, 0.3) is 0 Å². The van der Waals surface area contributed by atoms with E-state index in [4.69, 9.17) is 4.74 Å². The molecule has 2 amide bonds. The van der Waals surface area contributed by atoms with Crippen LogP contribution in [0.15, 0.2) is 42.5 Å². The van der Waals surface area contributed by atoms with Crippen molar-refractivity contribution in [3.8, 4) is 0 Å². The van der Waals surface area contributed by atoms with E-state index in [2.05, 4.69) is 10.6 Å². The highest BCUT2D eigenvalue weighted by Crippen LogP contribution is 2.22. The predicted molar refractivity (Wildman–Crippen MR) is 112 cm³/mol. The Labute approximate surface area is 177 Å². The molecular formula is C21H21N3O7. The molecule has 0 saturated heterocycles. The number of rotatable bonds is 9. The summed E-state index contributed by atoms with van der Waals surface area (Å²) >= 11 is 0. The molecule has 0 radical (unpaired) electrons. The number of nitrogens with zero attached hydrogens (tertiary/aromatic N) is 1. The zero-order valence-electron chi connectivity index (χ0n) is 17.0. The molecule has 10 heteroatoms. The van der Waals surface area contributed by atoms with Crippen molar-refractivity contribution < 1.29 is 28.8 Å². The fraction of sp³-hybridized carbons (Fsp3) is 0.238. The molecule has 0 fully saturated rings. The highest BCUT2D eigenvalue weighted by Gasteiger charge is 2.14. The maximum absolute atomic E-state index is 12.0. The Morgan fingerprint density at radius 2 is 1.65 bits per heavy atom. The van der Waals surface area contributed by atoms with Crippen LogP contribution in [0.4, 0.5) is 17.1 Å². The molecule has 0 atom stereocenters. The normalized spacial score (nSPS) is 10.1. The van der Waals surface area contributed by atoms with E-state index in [-0.39, 0.29) is 30.0 Å². The number of hydrogen-bond acceptors (Lipinski definition) is 7. The summed E-state index contributed by atoms with van der Waals surface area (Å²) in [5.74, 6) is -2.01. The number of nitro groups is 1. The average molecular weight is 427 g/mol. The zero-order valence-corrected chi connectivity index (χ0v) is 17.0. The number of esters is 1. The standard InChI is InChI=1S/C21H21N3O7/c1-13-6-7-17(11-18(13)24(29)30)23-20(27)12-31-21(28)9-8-19(26)22-16-5-3-4-15(10-16)14(2)25/h3-7,10-11H,8-9,12H2,1-2H3,(H,22,26)(H,23,27). The van der Waals surface area contributed by atoms with E-state index in [1.807, 2.05) is 0 Å². The molecule has 0 aromatic heterocycles. The molecule has 31 heavy (non-hydrogen) atoms. The Morgan fingerprint density at radius 1 is 0.968 bits per heavy atom. The molecule has 2 rings (SSSR count). The lowest BCUT2D eigenvalue weighted by molar-refractivity contribution is -0.385. The van der Waals surface area contributed by atoms with Crippen LogP contribution in [0, 0.1) is 17.0 Å². The summed E-state index contributed by atoms with van der Waals surface area (Å²) < 4.78 is 4.82. The minimum atomic E-state index is -0.752. The number of carbonyl (C=O) groups is 4. The van der Waals surface area contributed by atoms with Gasteiger partial charge in [0.1, 0.15) is 0 Å². The number of nitrogens with one attached hydrogen (secondary N) is 2. The van der Waals surface area contributed by atoms with Crippen molar-refractivity contribution in [2.24, 2.45) is 0 Å². The maximum atomic E-state index is 12.0. The third-order valence-corrected chi connectivity index (χ3v) is 4.16. The monoisotopic (exact) mass is 427 g/mol. The van der Waals surface area contributed by atoms with Crippen molar-refractivity contribution in [1.29, 1.82) is 0 Å². The molecule has 0 aliphatic heterocycles. The van der Waals surface area contributed by atoms with E-state index in [0.29, 0.717) is 16.8 Å². The number of ether oxygens (including phenoxy) is 1. The van der Waals surface area contributed by atoms with Gasteiger partial charge in [0.05, 0.1) is 11.3 Å². The largest absolute Gasteiger partial charge is 0.456 e. The minimum absolute atomic E-state index is 0.141. The van der Waals surface area contributed by atoms with Gasteiger partial charge in [-0.25, -0.2) is 0 Å². The quantitative estimate of drug-likeness (QED) is 0.271. The Balaban J connectivity index is 1.76. The van der Waals surface area contributed by atoms with E-state index in [0.717, 1.165) is 0 Å². The summed E-state index contributed by atoms with van der Waals surface area (Å²) in [6.45, 7) is 2.39. The second kappa shape index (κ2) is 10.6. The van der Waals surface area contributed by atoms with Crippen LogP contribution in [0.5, 0.6) is 0 Å². The Hall–Kier alpha value is -4.08. The van der Waals surface area contributed by atoms with Gasteiger partial charge in [0.25, 0.3) is 11.6 Å². The van der Waals surface area contributed by atoms with Crippen molar-refractivity contribution in [3.05, 3.63) is 63.7 Å². The van der Waals surface area contributed by atoms with Crippen molar-refractivity contribution >= 4 is 40.6 Å². The minimum Gasteiger partial charge on any atom is -0.456 e. The van der Waals surface area contributed by atoms with Gasteiger partial charge < -0.3 is 15.4 Å². The first-order valence-corrected chi connectivity index (χ1v) is 9.27. The fourth-order valence-corrected chi connectivity index (χ4v) is 2.55. The molecule has 10 nitrogen and oxygen atoms in total. The highest BCUT2D eigenvalue weighted by molar-refractivity contribution is 5.97. The number of Topliss-reactive ketones (excluding diaryl/α,β-unsaturated/α-hetero) is 1. The van der Waals surface area contributed by atoms with Gasteiger partial charge >= 0.3 is 5.97 Å². The van der Waals surface area contributed by atoms with Crippen LogP contribution in [-0.2, 0) is 19.1 Å². The SMILES string of the molecule is CC(=O)c1cccc(NC(=O)CCC(=O)OCC(=O)Nc2ccc(C)c([N+](=O)[O-])c2)c1. The van der Waals surface area contributed by atoms with Gasteiger partial charge in [0, 0.05) is 35.0 Å². The van der Waals surface area contributed by atoms with E-state index in [9.17, 15) is 29.3 Å². The number of anilines is 2. The van der Waals surface area contributed by atoms with Crippen LogP contribution in [0.1, 0.15) is 35.7 Å². The van der Waals surface area contributed by atoms with Crippen LogP contribution in [-0.4, -0.2) is 35.1 Å². The molecule has 2 aromatic rings. The van der Waals surface area contributed by atoms with Gasteiger partial charge in [-0.15, -0.1) is 0 Å². The molecule has 0 spiro atoms. The molecule has 0 unspecified atom stereocenters. The number of amides is 2. The highest BCUT2D eigenvalue weighted by atomic mass is 16.6. The van der Waals surface area contributed by atoms with E-state index in [1.165, 1.54) is 31.2 Å². The van der Waals surface area contributed by atoms with Gasteiger partial charge in [-0.05, 0) is 32.0 Å². The summed E-state index contributed by atoms with van der Waals surface area (Å²) in [5.41, 5.74) is 1.38. The number of hydrogen-bond donors (Lipinski definition) is 2. The summed E-state index contributed by atoms with van der Waals surface area (Å²) in [7, 11) is 0. The third kappa shape index (κ3) is 7.35. The molecule has 0 aliphatic carbocycles. The number of benzene rings is 2. The first kappa shape index (κ1) is 23.2. The molecular weight excluding hydrogens is 406 g/mol. The molecule has 0 aliphatic rings. The summed E-state index contributed by atoms with van der Waals surface area (Å²) in [5, 5.41) is 15.9. The van der Waals surface area contributed by atoms with Crippen LogP contribution < -0.4 is 10.6 Å². The Kier molecular flexibility index (Phi) is 7.95. The lowest BCUT2D eigenvalue weighted by Crippen LogP contribution is -2.22. The third-order valence-electron chi connectivity index (χ3n) is 4.16. The van der Waals surface area contributed by atoms with Gasteiger partial charge in [-0.2, -0.15) is 0 Å². The zero-order chi connectivity index (χ0) is 23.0. The van der Waals surface area contributed by atoms with Crippen molar-refractivity contribution in [2.75, 3.05) is 17.2 Å². The van der Waals surface area contributed by atoms with E-state index < -0.39 is 29.3 Å². The van der Waals surface area contributed by atoms with Gasteiger partial charge in [0.2, 0.25) is 5.91 Å². The first-order valence-electron chi connectivity index (χ1n) is 9.27. The Bertz CT molecular complexity index is 1030. The number of ketones is 1. The van der Waals surface area contributed by atoms with Gasteiger partial charge in [0.15, 0.2) is 12.4 Å². The lowest BCUT2D eigenvalue weighted by Gasteiger charge is -2.08. The second-order valence-corrected chi connectivity index (χ2v) is 6.65. The summed E-state index contributed by atoms with van der Waals surface area (Å²) in [6.07, 6.45) is -0.420. The average Bonchev–Trinajstić information content (AvgIpc) is 2.72. The van der Waals surface area contributed by atoms with E-state index >= 15 is 0 Å². The lowest BCUT2D eigenvalue weighted by atomic mass is 10.1.